The summed E-state index contributed by atoms with van der Waals surface area (Å²) in [6.45, 7) is 37.2. The number of aryl methyl sites for hydroxylation is 2. The smallest absolute Gasteiger partial charge is 0.238 e. The highest BCUT2D eigenvalue weighted by Gasteiger charge is 2.50. The number of hydrogen-bond donors (Lipinski definition) is 5. The minimum absolute atomic E-state index is 0.0360. The number of benzene rings is 1. The van der Waals surface area contributed by atoms with Crippen LogP contribution in [0.2, 0.25) is 0 Å². The zero-order chi connectivity index (χ0) is 58.3. The number of carbonyl (C=O) groups is 1. The molecule has 1 amide bonds. The predicted octanol–water partition coefficient (Wildman–Crippen LogP) is 7.51. The lowest BCUT2D eigenvalue weighted by Gasteiger charge is -2.56. The Morgan fingerprint density at radius 2 is 1.69 bits per heavy atom. The zero-order valence-corrected chi connectivity index (χ0v) is 52.1. The van der Waals surface area contributed by atoms with Crippen LogP contribution in [0.25, 0.3) is 22.2 Å². The highest BCUT2D eigenvalue weighted by molar-refractivity contribution is 5.94. The molecule has 6 aliphatic rings. The molecule has 1 spiro atoms. The van der Waals surface area contributed by atoms with Crippen molar-refractivity contribution in [1.82, 2.24) is 40.0 Å². The highest BCUT2D eigenvalue weighted by Crippen LogP contribution is 2.43. The van der Waals surface area contributed by atoms with Crippen molar-refractivity contribution < 1.29 is 39.1 Å². The summed E-state index contributed by atoms with van der Waals surface area (Å²) in [5, 5.41) is 34.5. The summed E-state index contributed by atoms with van der Waals surface area (Å²) in [7, 11) is 4.51. The van der Waals surface area contributed by atoms with E-state index in [1.54, 1.807) is 14.2 Å². The summed E-state index contributed by atoms with van der Waals surface area (Å²) in [5.41, 5.74) is 11.8. The quantitative estimate of drug-likeness (QED) is 0.0564. The molecule has 5 aliphatic heterocycles. The summed E-state index contributed by atoms with van der Waals surface area (Å²) in [6, 6.07) is 10.0. The number of carbonyl (C=O) groups excluding carboxylic acids is 1. The van der Waals surface area contributed by atoms with E-state index in [4.69, 9.17) is 29.0 Å². The minimum Gasteiger partial charge on any atom is -0.400 e. The number of amides is 1. The van der Waals surface area contributed by atoms with E-state index in [1.807, 2.05) is 11.2 Å². The molecule has 1 aromatic carbocycles. The lowest BCUT2D eigenvalue weighted by molar-refractivity contribution is -0.194. The van der Waals surface area contributed by atoms with Crippen molar-refractivity contribution in [1.29, 1.82) is 0 Å². The Kier molecular flexibility index (Phi) is 25.5. The first-order chi connectivity index (χ1) is 38.4. The molecule has 17 nitrogen and oxygen atoms in total. The monoisotopic (exact) mass is 1120 g/mol. The number of methoxy groups -OCH3 is 2. The summed E-state index contributed by atoms with van der Waals surface area (Å²) in [5.74, 6) is 0.769. The number of hydrogen-bond acceptors (Lipinski definition) is 15. The minimum atomic E-state index is -0.764. The fourth-order valence-corrected chi connectivity index (χ4v) is 13.3. The number of nitrogens with one attached hydrogen (secondary N) is 2. The van der Waals surface area contributed by atoms with E-state index in [9.17, 15) is 15.0 Å². The van der Waals surface area contributed by atoms with Crippen molar-refractivity contribution in [3.8, 4) is 11.3 Å². The van der Waals surface area contributed by atoms with Crippen LogP contribution in [0.1, 0.15) is 137 Å². The second-order valence-corrected chi connectivity index (χ2v) is 25.1. The molecule has 3 aromatic rings. The van der Waals surface area contributed by atoms with Gasteiger partial charge in [-0.05, 0) is 152 Å². The summed E-state index contributed by atoms with van der Waals surface area (Å²) < 4.78 is 24.9. The topological polar surface area (TPSA) is 173 Å². The van der Waals surface area contributed by atoms with Crippen LogP contribution in [0, 0.1) is 29.6 Å². The summed E-state index contributed by atoms with van der Waals surface area (Å²) in [6.07, 6.45) is 10.7. The number of likely N-dealkylation sites (tertiary alicyclic amines) is 2. The van der Waals surface area contributed by atoms with Gasteiger partial charge in [0.25, 0.3) is 0 Å². The van der Waals surface area contributed by atoms with E-state index in [0.717, 1.165) is 127 Å². The van der Waals surface area contributed by atoms with Gasteiger partial charge in [-0.3, -0.25) is 25.0 Å². The molecule has 0 radical (unpaired) electrons. The Morgan fingerprint density at radius 3 is 2.26 bits per heavy atom. The number of nitrogens with zero attached hydrogens (tertiary/aromatic N) is 7. The van der Waals surface area contributed by atoms with Crippen LogP contribution >= 0.6 is 0 Å². The molecular weight excluding hydrogens is 1010 g/mol. The maximum absolute atomic E-state index is 13.7. The summed E-state index contributed by atoms with van der Waals surface area (Å²) in [4.78, 5) is 28.1. The molecule has 5 saturated heterocycles. The van der Waals surface area contributed by atoms with Gasteiger partial charge in [-0.15, -0.1) is 0 Å². The van der Waals surface area contributed by atoms with Gasteiger partial charge in [-0.2, -0.15) is 0 Å². The van der Waals surface area contributed by atoms with Crippen LogP contribution in [0.15, 0.2) is 30.5 Å². The van der Waals surface area contributed by atoms with Gasteiger partial charge in [-0.1, -0.05) is 41.5 Å². The molecule has 454 valence electrons. The molecule has 17 heteroatoms. The van der Waals surface area contributed by atoms with Gasteiger partial charge >= 0.3 is 0 Å². The molecule has 7 atom stereocenters. The van der Waals surface area contributed by atoms with E-state index in [2.05, 4.69) is 135 Å². The lowest BCUT2D eigenvalue weighted by atomic mass is 9.78. The number of aliphatic hydroxyl groups is 3. The first-order valence-corrected chi connectivity index (χ1v) is 30.8. The van der Waals surface area contributed by atoms with Crippen molar-refractivity contribution in [2.45, 2.75) is 177 Å². The number of pyridine rings is 1. The SMILES string of the molecule is CC1CCCN(C(O)C(CN2CC3(COC3)C2)NC(=O)C(C(C)C)N2CCC3COCC32)N1.CCCN(CCC)C1CC1.CCN(CCO)c1ccc2c(c1)c(CC(C)(C)COC)c(-c1cc(C)cnc1C(C)OC)n2CC.CO. The fourth-order valence-electron chi connectivity index (χ4n) is 13.3. The molecule has 5 N–H and O–H groups in total. The fraction of sp³-hybridized carbons (Fsp3) is 0.778. The van der Waals surface area contributed by atoms with Crippen molar-refractivity contribution in [2.75, 3.05) is 125 Å². The maximum Gasteiger partial charge on any atom is 0.238 e. The number of ether oxygens (including phenoxy) is 4. The Hall–Kier alpha value is -3.30. The van der Waals surface area contributed by atoms with E-state index in [0.29, 0.717) is 43.1 Å². The molecule has 7 heterocycles. The molecular formula is C63H109N9O8. The van der Waals surface area contributed by atoms with Gasteiger partial charge in [0.1, 0.15) is 6.23 Å². The first kappa shape index (κ1) is 65.8. The van der Waals surface area contributed by atoms with Gasteiger partial charge in [0.05, 0.1) is 69.2 Å². The third-order valence-electron chi connectivity index (χ3n) is 17.3. The third kappa shape index (κ3) is 16.5. The molecule has 9 rings (SSSR count). The Morgan fingerprint density at radius 1 is 0.975 bits per heavy atom. The van der Waals surface area contributed by atoms with Gasteiger partial charge in [0.15, 0.2) is 0 Å². The number of rotatable bonds is 25. The van der Waals surface area contributed by atoms with Crippen molar-refractivity contribution >= 4 is 22.5 Å². The van der Waals surface area contributed by atoms with Gasteiger partial charge < -0.3 is 54.0 Å². The van der Waals surface area contributed by atoms with Crippen LogP contribution in [0.3, 0.4) is 0 Å². The number of fused-ring (bicyclic) bond motifs is 2. The number of aromatic nitrogens is 2. The Bertz CT molecular complexity index is 2330. The average Bonchev–Trinajstić information content (AvgIpc) is 4.14. The standard InChI is InChI=1S/C29H43N3O3.C24H43N5O4.C9H19N.CH4O/c1-9-31(13-14-33)22-11-12-26-23(16-22)25(17-29(5,6)19-34-7)28(32(26)10-2)24-15-20(3)18-30-27(24)21(4)35-8;1-16(2)21(28-8-6-18-10-32-11-20(18)28)22(30)25-19(9-27-12-24(13-27)14-33-15-24)23(31)29-7-4-5-17(3)26-29;1-3-7-10(8-4-2)9-5-6-9;1-2/h11-12,15-16,18,21,33H,9-10,13-14,17,19H2,1-8H3;16-21,23,26,31H,4-15H2,1-3H3,(H,25,30);9H,3-8H2,1-2H3;2H,1H3. The van der Waals surface area contributed by atoms with Crippen molar-refractivity contribution in [2.24, 2.45) is 22.7 Å². The summed E-state index contributed by atoms with van der Waals surface area (Å²) >= 11 is 0. The average molecular weight is 1120 g/mol. The maximum atomic E-state index is 13.7. The number of hydrazine groups is 1. The Labute approximate surface area is 482 Å². The van der Waals surface area contributed by atoms with E-state index in [1.165, 1.54) is 60.9 Å². The molecule has 7 unspecified atom stereocenters. The van der Waals surface area contributed by atoms with Crippen LogP contribution in [-0.2, 0) is 36.7 Å². The predicted molar refractivity (Wildman–Crippen MR) is 323 cm³/mol. The molecule has 1 aliphatic carbocycles. The number of likely N-dealkylation sites (N-methyl/N-ethyl adjacent to an activating group) is 1. The second kappa shape index (κ2) is 31.0. The number of aliphatic hydroxyl groups excluding tert-OH is 3. The highest BCUT2D eigenvalue weighted by atomic mass is 16.5. The molecule has 80 heavy (non-hydrogen) atoms. The molecule has 1 saturated carbocycles. The Balaban J connectivity index is 0.000000214. The molecule has 2 aromatic heterocycles. The van der Waals surface area contributed by atoms with Crippen LogP contribution in [0.4, 0.5) is 5.69 Å². The van der Waals surface area contributed by atoms with Crippen molar-refractivity contribution in [3.05, 3.63) is 47.3 Å². The largest absolute Gasteiger partial charge is 0.400 e. The number of anilines is 1. The zero-order valence-electron chi connectivity index (χ0n) is 52.1. The van der Waals surface area contributed by atoms with Crippen LogP contribution in [0.5, 0.6) is 0 Å². The van der Waals surface area contributed by atoms with Crippen molar-refractivity contribution in [3.63, 3.8) is 0 Å². The molecule has 0 bridgehead atoms. The molecule has 6 fully saturated rings. The van der Waals surface area contributed by atoms with E-state index in [-0.39, 0.29) is 42.0 Å². The van der Waals surface area contributed by atoms with Gasteiger partial charge in [0, 0.05) is 125 Å². The second-order valence-electron chi connectivity index (χ2n) is 25.1. The lowest BCUT2D eigenvalue weighted by Crippen LogP contribution is -2.70. The van der Waals surface area contributed by atoms with Gasteiger partial charge in [-0.25, -0.2) is 5.01 Å². The van der Waals surface area contributed by atoms with E-state index < -0.39 is 6.23 Å². The van der Waals surface area contributed by atoms with Crippen LogP contribution in [-0.4, -0.2) is 207 Å². The van der Waals surface area contributed by atoms with E-state index >= 15 is 0 Å². The normalized spacial score (nSPS) is 22.5. The third-order valence-corrected chi connectivity index (χ3v) is 17.3. The first-order valence-electron chi connectivity index (χ1n) is 30.8. The van der Waals surface area contributed by atoms with Crippen LogP contribution < -0.4 is 15.6 Å². The van der Waals surface area contributed by atoms with Gasteiger partial charge in [0.2, 0.25) is 5.91 Å².